The summed E-state index contributed by atoms with van der Waals surface area (Å²) in [5.74, 6) is 1.74. The van der Waals surface area contributed by atoms with Crippen LogP contribution in [-0.2, 0) is 11.3 Å². The average molecular weight is 248 g/mol. The first-order chi connectivity index (χ1) is 8.90. The summed E-state index contributed by atoms with van der Waals surface area (Å²) in [5, 5.41) is 3.27. The Hall–Kier alpha value is -1.09. The molecule has 0 bridgehead atoms. The Kier molecular flexibility index (Phi) is 5.46. The van der Waals surface area contributed by atoms with Gasteiger partial charge in [0.15, 0.2) is 0 Å². The first-order valence-electron chi connectivity index (χ1n) is 7.15. The van der Waals surface area contributed by atoms with Gasteiger partial charge in [0.2, 0.25) is 0 Å². The van der Waals surface area contributed by atoms with Gasteiger partial charge in [-0.05, 0) is 31.7 Å². The molecule has 2 rings (SSSR count). The lowest BCUT2D eigenvalue weighted by atomic mass is 9.90. The van der Waals surface area contributed by atoms with Crippen molar-refractivity contribution in [3.63, 3.8) is 0 Å². The molecule has 0 unspecified atom stereocenters. The van der Waals surface area contributed by atoms with Crippen LogP contribution in [0, 0.1) is 5.92 Å². The van der Waals surface area contributed by atoms with Crippen LogP contribution in [-0.4, -0.2) is 18.1 Å². The predicted molar refractivity (Wildman–Crippen MR) is 74.6 cm³/mol. The van der Waals surface area contributed by atoms with Crippen LogP contribution in [0.5, 0.6) is 0 Å². The van der Waals surface area contributed by atoms with E-state index in [-0.39, 0.29) is 0 Å². The standard InChI is InChI=1S/C15H24N2O/c1-2-16-15-14(9-6-10-17-15)12-18-11-13-7-4-3-5-8-13/h6,9-10,13H,2-5,7-8,11-12H2,1H3,(H,16,17). The van der Waals surface area contributed by atoms with Crippen LogP contribution in [0.25, 0.3) is 0 Å². The van der Waals surface area contributed by atoms with Crippen LogP contribution < -0.4 is 5.32 Å². The monoisotopic (exact) mass is 248 g/mol. The van der Waals surface area contributed by atoms with E-state index in [2.05, 4.69) is 23.3 Å². The summed E-state index contributed by atoms with van der Waals surface area (Å²) in [6, 6.07) is 4.06. The van der Waals surface area contributed by atoms with Gasteiger partial charge in [-0.15, -0.1) is 0 Å². The summed E-state index contributed by atoms with van der Waals surface area (Å²) in [6.07, 6.45) is 8.67. The van der Waals surface area contributed by atoms with E-state index in [1.165, 1.54) is 32.1 Å². The molecule has 18 heavy (non-hydrogen) atoms. The molecule has 1 aromatic heterocycles. The number of hydrogen-bond donors (Lipinski definition) is 1. The van der Waals surface area contributed by atoms with Gasteiger partial charge in [-0.25, -0.2) is 4.98 Å². The topological polar surface area (TPSA) is 34.2 Å². The third-order valence-corrected chi connectivity index (χ3v) is 3.57. The van der Waals surface area contributed by atoms with Gasteiger partial charge < -0.3 is 10.1 Å². The molecule has 100 valence electrons. The summed E-state index contributed by atoms with van der Waals surface area (Å²) in [4.78, 5) is 4.34. The van der Waals surface area contributed by atoms with Crippen LogP contribution >= 0.6 is 0 Å². The molecule has 0 aliphatic heterocycles. The van der Waals surface area contributed by atoms with Crippen LogP contribution in [0.4, 0.5) is 5.82 Å². The van der Waals surface area contributed by atoms with Crippen LogP contribution in [0.3, 0.4) is 0 Å². The fourth-order valence-electron chi connectivity index (χ4n) is 2.57. The molecule has 1 N–H and O–H groups in total. The molecule has 1 aliphatic rings. The zero-order chi connectivity index (χ0) is 12.6. The van der Waals surface area contributed by atoms with Crippen LogP contribution in [0.15, 0.2) is 18.3 Å². The molecule has 0 radical (unpaired) electrons. The van der Waals surface area contributed by atoms with E-state index in [0.717, 1.165) is 30.5 Å². The highest BCUT2D eigenvalue weighted by molar-refractivity contribution is 5.42. The van der Waals surface area contributed by atoms with Gasteiger partial charge in [0.1, 0.15) is 5.82 Å². The van der Waals surface area contributed by atoms with Crippen molar-refractivity contribution < 1.29 is 4.74 Å². The van der Waals surface area contributed by atoms with E-state index in [0.29, 0.717) is 6.61 Å². The highest BCUT2D eigenvalue weighted by Crippen LogP contribution is 2.24. The molecular formula is C15H24N2O. The van der Waals surface area contributed by atoms with Crippen LogP contribution in [0.1, 0.15) is 44.6 Å². The smallest absolute Gasteiger partial charge is 0.131 e. The first kappa shape index (κ1) is 13.3. The lowest BCUT2D eigenvalue weighted by Crippen LogP contribution is -2.13. The molecule has 1 aliphatic carbocycles. The lowest BCUT2D eigenvalue weighted by Gasteiger charge is -2.21. The van der Waals surface area contributed by atoms with Gasteiger partial charge in [0.25, 0.3) is 0 Å². The predicted octanol–water partition coefficient (Wildman–Crippen LogP) is 3.61. The number of hydrogen-bond acceptors (Lipinski definition) is 3. The van der Waals surface area contributed by atoms with Gasteiger partial charge >= 0.3 is 0 Å². The lowest BCUT2D eigenvalue weighted by molar-refractivity contribution is 0.0741. The number of rotatable bonds is 6. The maximum absolute atomic E-state index is 5.87. The number of pyridine rings is 1. The Morgan fingerprint density at radius 1 is 1.33 bits per heavy atom. The molecule has 1 heterocycles. The third-order valence-electron chi connectivity index (χ3n) is 3.57. The summed E-state index contributed by atoms with van der Waals surface area (Å²) in [7, 11) is 0. The fraction of sp³-hybridized carbons (Fsp3) is 0.667. The molecule has 3 nitrogen and oxygen atoms in total. The van der Waals surface area contributed by atoms with Gasteiger partial charge in [-0.2, -0.15) is 0 Å². The van der Waals surface area contributed by atoms with Crippen molar-refractivity contribution in [2.45, 2.75) is 45.6 Å². The molecule has 0 spiro atoms. The molecule has 0 saturated heterocycles. The van der Waals surface area contributed by atoms with E-state index in [4.69, 9.17) is 4.74 Å². The summed E-state index contributed by atoms with van der Waals surface area (Å²) in [6.45, 7) is 4.56. The SMILES string of the molecule is CCNc1ncccc1COCC1CCCCC1. The fourth-order valence-corrected chi connectivity index (χ4v) is 2.57. The Balaban J connectivity index is 1.78. The minimum absolute atomic E-state index is 0.673. The average Bonchev–Trinajstić information content (AvgIpc) is 2.42. The Morgan fingerprint density at radius 3 is 2.94 bits per heavy atom. The largest absolute Gasteiger partial charge is 0.376 e. The van der Waals surface area contributed by atoms with Crippen molar-refractivity contribution in [3.8, 4) is 0 Å². The number of ether oxygens (including phenoxy) is 1. The molecule has 3 heteroatoms. The summed E-state index contributed by atoms with van der Waals surface area (Å²) < 4.78 is 5.87. The van der Waals surface area contributed by atoms with Crippen LogP contribution in [0.2, 0.25) is 0 Å². The molecule has 0 amide bonds. The van der Waals surface area contributed by atoms with Crippen molar-refractivity contribution in [1.29, 1.82) is 0 Å². The maximum atomic E-state index is 5.87. The maximum Gasteiger partial charge on any atom is 0.131 e. The normalized spacial score (nSPS) is 16.7. The highest BCUT2D eigenvalue weighted by Gasteiger charge is 2.13. The number of anilines is 1. The van der Waals surface area contributed by atoms with Gasteiger partial charge in [-0.1, -0.05) is 25.3 Å². The Morgan fingerprint density at radius 2 is 2.17 bits per heavy atom. The van der Waals surface area contributed by atoms with E-state index in [9.17, 15) is 0 Å². The third kappa shape index (κ3) is 3.98. The summed E-state index contributed by atoms with van der Waals surface area (Å²) >= 11 is 0. The van der Waals surface area contributed by atoms with Gasteiger partial charge in [-0.3, -0.25) is 0 Å². The Labute approximate surface area is 110 Å². The number of aromatic nitrogens is 1. The quantitative estimate of drug-likeness (QED) is 0.835. The molecule has 0 atom stereocenters. The molecule has 0 aromatic carbocycles. The molecule has 1 fully saturated rings. The van der Waals surface area contributed by atoms with Crippen molar-refractivity contribution in [3.05, 3.63) is 23.9 Å². The minimum Gasteiger partial charge on any atom is -0.376 e. The Bertz CT molecular complexity index is 348. The molecular weight excluding hydrogens is 224 g/mol. The van der Waals surface area contributed by atoms with E-state index < -0.39 is 0 Å². The zero-order valence-electron chi connectivity index (χ0n) is 11.3. The van der Waals surface area contributed by atoms with Gasteiger partial charge in [0.05, 0.1) is 6.61 Å². The second-order valence-electron chi connectivity index (χ2n) is 5.06. The van der Waals surface area contributed by atoms with Crippen molar-refractivity contribution >= 4 is 5.82 Å². The van der Waals surface area contributed by atoms with Crippen molar-refractivity contribution in [2.24, 2.45) is 5.92 Å². The number of nitrogens with zero attached hydrogens (tertiary/aromatic N) is 1. The first-order valence-corrected chi connectivity index (χ1v) is 7.15. The second-order valence-corrected chi connectivity index (χ2v) is 5.06. The number of nitrogens with one attached hydrogen (secondary N) is 1. The second kappa shape index (κ2) is 7.37. The summed E-state index contributed by atoms with van der Waals surface area (Å²) in [5.41, 5.74) is 1.16. The van der Waals surface area contributed by atoms with E-state index in [1.54, 1.807) is 0 Å². The van der Waals surface area contributed by atoms with E-state index in [1.807, 2.05) is 12.3 Å². The van der Waals surface area contributed by atoms with E-state index >= 15 is 0 Å². The zero-order valence-corrected chi connectivity index (χ0v) is 11.3. The molecule has 1 saturated carbocycles. The van der Waals surface area contributed by atoms with Gasteiger partial charge in [0, 0.05) is 24.9 Å². The molecule has 1 aromatic rings. The van der Waals surface area contributed by atoms with Crippen molar-refractivity contribution in [2.75, 3.05) is 18.5 Å². The minimum atomic E-state index is 0.673. The highest BCUT2D eigenvalue weighted by atomic mass is 16.5. The van der Waals surface area contributed by atoms with Crippen molar-refractivity contribution in [1.82, 2.24) is 4.98 Å².